The summed E-state index contributed by atoms with van der Waals surface area (Å²) in [5.41, 5.74) is 0. The smallest absolute Gasteiger partial charge is 0.379 e. The molecule has 15 heteroatoms. The Labute approximate surface area is 230 Å². The zero-order valence-corrected chi connectivity index (χ0v) is 23.0. The second-order valence-corrected chi connectivity index (χ2v) is 8.59. The maximum atomic E-state index is 12.9. The van der Waals surface area contributed by atoms with Gasteiger partial charge >= 0.3 is 41.6 Å². The van der Waals surface area contributed by atoms with E-state index in [1.54, 1.807) is 0 Å². The zero-order chi connectivity index (χ0) is 30.6. The lowest BCUT2D eigenvalue weighted by Gasteiger charge is -2.48. The lowest BCUT2D eigenvalue weighted by molar-refractivity contribution is -0.304. The SMILES string of the molecule is C#CCCC(=O)NC1C(OC(C)=O)CC(OC(C)=O)(C(=O)OC)OC1[C@H](OC(C)=O)[C@H](COC(C)=O)OC(C)=O. The van der Waals surface area contributed by atoms with Crippen LogP contribution in [0.3, 0.4) is 0 Å². The molecule has 0 radical (unpaired) electrons. The van der Waals surface area contributed by atoms with E-state index in [0.717, 1.165) is 41.7 Å². The molecule has 222 valence electrons. The molecule has 0 aromatic heterocycles. The van der Waals surface area contributed by atoms with Crippen LogP contribution >= 0.6 is 0 Å². The minimum Gasteiger partial charge on any atom is -0.464 e. The first kappa shape index (κ1) is 33.8. The lowest BCUT2D eigenvalue weighted by Crippen LogP contribution is -2.69. The first-order valence-corrected chi connectivity index (χ1v) is 12.0. The van der Waals surface area contributed by atoms with Crippen molar-refractivity contribution in [3.63, 3.8) is 0 Å². The van der Waals surface area contributed by atoms with Crippen molar-refractivity contribution < 1.29 is 66.7 Å². The average molecular weight is 572 g/mol. The van der Waals surface area contributed by atoms with Gasteiger partial charge in [-0.1, -0.05) is 0 Å². The van der Waals surface area contributed by atoms with E-state index >= 15 is 0 Å². The van der Waals surface area contributed by atoms with Gasteiger partial charge in [-0.15, -0.1) is 12.3 Å². The standard InChI is InChI=1S/C25H33NO14/c1-8-9-10-20(32)26-21-18(36-14(3)28)11-25(24(33)34-7,39-17(6)31)40-23(21)22(38-16(5)30)19(37-15(4)29)12-35-13(2)27/h1,18-19,21-23H,9-12H2,2-7H3,(H,26,32)/t18?,19-,21?,22+,23?,25?/m0/s1. The van der Waals surface area contributed by atoms with Crippen molar-refractivity contribution in [1.82, 2.24) is 5.32 Å². The number of terminal acetylenes is 1. The number of esters is 6. The van der Waals surface area contributed by atoms with Gasteiger partial charge in [-0.05, 0) is 0 Å². The molecule has 1 fully saturated rings. The number of carbonyl (C=O) groups excluding carboxylic acids is 7. The van der Waals surface area contributed by atoms with Crippen LogP contribution in [0.4, 0.5) is 0 Å². The van der Waals surface area contributed by atoms with Gasteiger partial charge in [-0.3, -0.25) is 28.8 Å². The monoisotopic (exact) mass is 571 g/mol. The van der Waals surface area contributed by atoms with Gasteiger partial charge in [0, 0.05) is 47.5 Å². The minimum atomic E-state index is -2.58. The number of carbonyl (C=O) groups is 7. The molecule has 1 aliphatic heterocycles. The molecule has 1 aliphatic rings. The van der Waals surface area contributed by atoms with E-state index in [9.17, 15) is 33.6 Å². The molecule has 0 spiro atoms. The van der Waals surface area contributed by atoms with Crippen LogP contribution in [0.2, 0.25) is 0 Å². The van der Waals surface area contributed by atoms with Crippen LogP contribution in [0.25, 0.3) is 0 Å². The van der Waals surface area contributed by atoms with E-state index in [1.165, 1.54) is 0 Å². The summed E-state index contributed by atoms with van der Waals surface area (Å²) >= 11 is 0. The number of nitrogens with one attached hydrogen (secondary N) is 1. The minimum absolute atomic E-state index is 0.0255. The first-order valence-electron chi connectivity index (χ1n) is 12.0. The summed E-state index contributed by atoms with van der Waals surface area (Å²) in [6.45, 7) is 4.42. The average Bonchev–Trinajstić information content (AvgIpc) is 2.83. The van der Waals surface area contributed by atoms with Crippen LogP contribution in [-0.2, 0) is 66.7 Å². The predicted molar refractivity (Wildman–Crippen MR) is 129 cm³/mol. The first-order chi connectivity index (χ1) is 18.6. The Hall–Kier alpha value is -4.19. The van der Waals surface area contributed by atoms with Gasteiger partial charge < -0.3 is 38.5 Å². The third-order valence-electron chi connectivity index (χ3n) is 5.26. The number of methoxy groups -OCH3 is 1. The maximum absolute atomic E-state index is 12.9. The third-order valence-corrected chi connectivity index (χ3v) is 5.26. The zero-order valence-electron chi connectivity index (χ0n) is 23.0. The van der Waals surface area contributed by atoms with Gasteiger partial charge in [-0.2, -0.15) is 0 Å². The van der Waals surface area contributed by atoms with E-state index in [2.05, 4.69) is 11.2 Å². The summed E-state index contributed by atoms with van der Waals surface area (Å²) in [4.78, 5) is 85.4. The number of amides is 1. The molecule has 1 heterocycles. The number of hydrogen-bond donors (Lipinski definition) is 1. The summed E-state index contributed by atoms with van der Waals surface area (Å²) in [6.07, 6.45) is -2.11. The van der Waals surface area contributed by atoms with Crippen molar-refractivity contribution in [3.8, 4) is 12.3 Å². The van der Waals surface area contributed by atoms with E-state index in [1.807, 2.05) is 0 Å². The molecule has 0 aromatic rings. The van der Waals surface area contributed by atoms with Crippen molar-refractivity contribution in [2.24, 2.45) is 0 Å². The van der Waals surface area contributed by atoms with Crippen LogP contribution < -0.4 is 5.32 Å². The van der Waals surface area contributed by atoms with Crippen molar-refractivity contribution in [1.29, 1.82) is 0 Å². The van der Waals surface area contributed by atoms with Crippen molar-refractivity contribution in [2.75, 3.05) is 13.7 Å². The Balaban J connectivity index is 3.87. The van der Waals surface area contributed by atoms with Gasteiger partial charge in [0.05, 0.1) is 19.6 Å². The number of rotatable bonds is 12. The molecule has 1 saturated heterocycles. The maximum Gasteiger partial charge on any atom is 0.379 e. The number of ether oxygens (including phenoxy) is 7. The van der Waals surface area contributed by atoms with Crippen molar-refractivity contribution >= 4 is 41.7 Å². The summed E-state index contributed by atoms with van der Waals surface area (Å²) in [5, 5.41) is 2.57. The van der Waals surface area contributed by atoms with Gasteiger partial charge in [-0.25, -0.2) is 4.79 Å². The molecule has 1 rings (SSSR count). The Bertz CT molecular complexity index is 1030. The van der Waals surface area contributed by atoms with Crippen LogP contribution in [0, 0.1) is 12.3 Å². The Morgan fingerprint density at radius 1 is 0.950 bits per heavy atom. The number of hydrogen-bond acceptors (Lipinski definition) is 14. The summed E-state index contributed by atoms with van der Waals surface area (Å²) in [7, 11) is 0.965. The van der Waals surface area contributed by atoms with E-state index in [-0.39, 0.29) is 12.8 Å². The molecule has 6 atom stereocenters. The molecular weight excluding hydrogens is 538 g/mol. The van der Waals surface area contributed by atoms with Gasteiger partial charge in [0.1, 0.15) is 18.8 Å². The molecular formula is C25H33NO14. The molecule has 0 aromatic carbocycles. The molecule has 4 unspecified atom stereocenters. The Kier molecular flexibility index (Phi) is 13.0. The quantitative estimate of drug-likeness (QED) is 0.178. The van der Waals surface area contributed by atoms with Crippen LogP contribution in [0.5, 0.6) is 0 Å². The Morgan fingerprint density at radius 3 is 2.05 bits per heavy atom. The molecule has 40 heavy (non-hydrogen) atoms. The van der Waals surface area contributed by atoms with Gasteiger partial charge in [0.25, 0.3) is 0 Å². The van der Waals surface area contributed by atoms with Crippen LogP contribution in [0.15, 0.2) is 0 Å². The van der Waals surface area contributed by atoms with Gasteiger partial charge in [0.15, 0.2) is 12.2 Å². The molecule has 0 saturated carbocycles. The van der Waals surface area contributed by atoms with Gasteiger partial charge in [0.2, 0.25) is 5.91 Å². The fourth-order valence-corrected chi connectivity index (χ4v) is 3.94. The van der Waals surface area contributed by atoms with E-state index in [0.29, 0.717) is 0 Å². The van der Waals surface area contributed by atoms with E-state index in [4.69, 9.17) is 39.6 Å². The van der Waals surface area contributed by atoms with Crippen LogP contribution in [-0.4, -0.2) is 91.7 Å². The lowest BCUT2D eigenvalue weighted by atomic mass is 9.87. The highest BCUT2D eigenvalue weighted by Gasteiger charge is 2.60. The summed E-state index contributed by atoms with van der Waals surface area (Å²) in [6, 6.07) is -1.41. The molecule has 0 bridgehead atoms. The second kappa shape index (κ2) is 15.4. The second-order valence-electron chi connectivity index (χ2n) is 8.59. The molecule has 1 amide bonds. The Morgan fingerprint density at radius 2 is 1.57 bits per heavy atom. The molecule has 15 nitrogen and oxygen atoms in total. The molecule has 1 N–H and O–H groups in total. The fraction of sp³-hybridized carbons (Fsp3) is 0.640. The van der Waals surface area contributed by atoms with Crippen molar-refractivity contribution in [3.05, 3.63) is 0 Å². The summed E-state index contributed by atoms with van der Waals surface area (Å²) < 4.78 is 36.9. The summed E-state index contributed by atoms with van der Waals surface area (Å²) in [5.74, 6) is -6.69. The normalized spacial score (nSPS) is 23.2. The topological polar surface area (TPSA) is 196 Å². The van der Waals surface area contributed by atoms with Crippen LogP contribution in [0.1, 0.15) is 53.9 Å². The fourth-order valence-electron chi connectivity index (χ4n) is 3.94. The van der Waals surface area contributed by atoms with Crippen molar-refractivity contribution in [2.45, 2.75) is 90.1 Å². The van der Waals surface area contributed by atoms with E-state index < -0.39 is 91.0 Å². The molecule has 0 aliphatic carbocycles. The highest BCUT2D eigenvalue weighted by atomic mass is 16.8. The largest absolute Gasteiger partial charge is 0.464 e. The highest BCUT2D eigenvalue weighted by Crippen LogP contribution is 2.37. The highest BCUT2D eigenvalue weighted by molar-refractivity contribution is 5.82. The predicted octanol–water partition coefficient (Wildman–Crippen LogP) is -0.536. The third kappa shape index (κ3) is 10.2.